The van der Waals surface area contributed by atoms with Crippen LogP contribution in [-0.2, 0) is 33.8 Å². The third-order valence-electron chi connectivity index (χ3n) is 7.24. The molecule has 11 heteroatoms. The van der Waals surface area contributed by atoms with Crippen LogP contribution >= 0.6 is 0 Å². The van der Waals surface area contributed by atoms with Crippen LogP contribution in [0, 0.1) is 11.3 Å². The van der Waals surface area contributed by atoms with E-state index in [1.54, 1.807) is 27.9 Å². The number of carbonyl (C=O) groups excluding carboxylic acids is 2. The summed E-state index contributed by atoms with van der Waals surface area (Å²) in [5.41, 5.74) is -1.44. The Labute approximate surface area is 218 Å². The predicted molar refractivity (Wildman–Crippen MR) is 141 cm³/mol. The van der Waals surface area contributed by atoms with Crippen LogP contribution in [0.25, 0.3) is 0 Å². The first-order valence-corrected chi connectivity index (χ1v) is 18.3. The number of amides is 1. The molecular formula is C25H47NO8SSi. The minimum atomic E-state index is -3.91. The molecule has 1 amide bonds. The molecule has 0 spiro atoms. The summed E-state index contributed by atoms with van der Waals surface area (Å²) >= 11 is 0. The van der Waals surface area contributed by atoms with Crippen molar-refractivity contribution in [1.82, 2.24) is 4.31 Å². The number of hydrogen-bond acceptors (Lipinski definition) is 8. The smallest absolute Gasteiger partial charge is 0.424 e. The van der Waals surface area contributed by atoms with Crippen LogP contribution in [0.2, 0.25) is 25.7 Å². The summed E-state index contributed by atoms with van der Waals surface area (Å²) in [5.74, 6) is -0.276. The fourth-order valence-corrected chi connectivity index (χ4v) is 9.97. The SMILES string of the molecule is COCO[C@H]1CC[C@H]2CCC[C@@H](OC(C)=O)[C@]21CCN(C(=O)OC(C)(C)C)S(=O)(=O)CC[Si](C)(C)C. The van der Waals surface area contributed by atoms with Gasteiger partial charge in [-0.05, 0) is 71.3 Å². The minimum Gasteiger partial charge on any atom is -0.462 e. The molecule has 0 saturated heterocycles. The summed E-state index contributed by atoms with van der Waals surface area (Å²) in [5, 5.41) is 0. The van der Waals surface area contributed by atoms with Crippen LogP contribution in [0.4, 0.5) is 4.79 Å². The van der Waals surface area contributed by atoms with Crippen molar-refractivity contribution in [3.05, 3.63) is 0 Å². The molecule has 0 radical (unpaired) electrons. The molecule has 36 heavy (non-hydrogen) atoms. The molecule has 4 atom stereocenters. The molecule has 2 fully saturated rings. The van der Waals surface area contributed by atoms with Gasteiger partial charge in [0.15, 0.2) is 0 Å². The van der Waals surface area contributed by atoms with E-state index in [1.807, 2.05) is 0 Å². The van der Waals surface area contributed by atoms with Crippen LogP contribution in [0.5, 0.6) is 0 Å². The van der Waals surface area contributed by atoms with E-state index < -0.39 is 41.3 Å². The Morgan fingerprint density at radius 1 is 1.06 bits per heavy atom. The molecular weight excluding hydrogens is 502 g/mol. The Morgan fingerprint density at radius 2 is 1.72 bits per heavy atom. The fraction of sp³-hybridized carbons (Fsp3) is 0.920. The largest absolute Gasteiger partial charge is 0.462 e. The molecule has 0 N–H and O–H groups in total. The molecule has 0 aromatic rings. The first-order chi connectivity index (χ1) is 16.5. The number of hydrogen-bond donors (Lipinski definition) is 0. The fourth-order valence-electron chi connectivity index (χ4n) is 5.64. The van der Waals surface area contributed by atoms with Crippen molar-refractivity contribution in [2.45, 2.75) is 110 Å². The maximum absolute atomic E-state index is 13.5. The van der Waals surface area contributed by atoms with Gasteiger partial charge in [-0.2, -0.15) is 0 Å². The molecule has 0 heterocycles. The van der Waals surface area contributed by atoms with Crippen molar-refractivity contribution < 1.29 is 37.0 Å². The van der Waals surface area contributed by atoms with Gasteiger partial charge in [0.25, 0.3) is 0 Å². The molecule has 2 rings (SSSR count). The minimum absolute atomic E-state index is 0.0515. The quantitative estimate of drug-likeness (QED) is 0.206. The highest BCUT2D eigenvalue weighted by molar-refractivity contribution is 7.89. The Kier molecular flexibility index (Phi) is 10.5. The predicted octanol–water partition coefficient (Wildman–Crippen LogP) is 4.78. The summed E-state index contributed by atoms with van der Waals surface area (Å²) in [4.78, 5) is 25.2. The van der Waals surface area contributed by atoms with Crippen LogP contribution < -0.4 is 0 Å². The van der Waals surface area contributed by atoms with E-state index in [0.29, 0.717) is 18.9 Å². The highest BCUT2D eigenvalue weighted by Gasteiger charge is 2.58. The van der Waals surface area contributed by atoms with Crippen LogP contribution in [0.15, 0.2) is 0 Å². The zero-order chi connectivity index (χ0) is 27.4. The van der Waals surface area contributed by atoms with Gasteiger partial charge in [0, 0.05) is 34.1 Å². The first kappa shape index (κ1) is 31.0. The van der Waals surface area contributed by atoms with Crippen molar-refractivity contribution in [2.75, 3.05) is 26.2 Å². The Bertz CT molecular complexity index is 866. The number of rotatable bonds is 11. The number of nitrogens with zero attached hydrogens (tertiary/aromatic N) is 1. The summed E-state index contributed by atoms with van der Waals surface area (Å²) < 4.78 is 50.5. The second-order valence-corrected chi connectivity index (χ2v) is 20.0. The standard InChI is InChI=1S/C25H47NO8SSi/c1-19(27)33-22-11-9-10-20-12-13-21(32-18-31-5)25(20,22)14-15-26(23(28)34-24(2,3)4)35(29,30)16-17-36(6,7)8/h20-22H,9-18H2,1-8H3/t20-,21+,22-,25-/m1/s1. The summed E-state index contributed by atoms with van der Waals surface area (Å²) in [7, 11) is -4.04. The summed E-state index contributed by atoms with van der Waals surface area (Å²) in [6, 6.07) is 0.540. The van der Waals surface area contributed by atoms with Crippen LogP contribution in [-0.4, -0.2) is 76.9 Å². The maximum Gasteiger partial charge on any atom is 0.424 e. The lowest BCUT2D eigenvalue weighted by atomic mass is 9.63. The molecule has 0 bridgehead atoms. The number of ether oxygens (including phenoxy) is 4. The lowest BCUT2D eigenvalue weighted by Crippen LogP contribution is -2.54. The molecule has 0 aliphatic heterocycles. The lowest BCUT2D eigenvalue weighted by Gasteiger charge is -2.48. The normalized spacial score (nSPS) is 26.8. The van der Waals surface area contributed by atoms with Gasteiger partial charge < -0.3 is 18.9 Å². The van der Waals surface area contributed by atoms with E-state index in [-0.39, 0.29) is 37.1 Å². The third-order valence-corrected chi connectivity index (χ3v) is 11.1. The molecule has 9 nitrogen and oxygen atoms in total. The zero-order valence-corrected chi connectivity index (χ0v) is 25.2. The van der Waals surface area contributed by atoms with E-state index in [2.05, 4.69) is 19.6 Å². The van der Waals surface area contributed by atoms with Gasteiger partial charge in [-0.15, -0.1) is 0 Å². The van der Waals surface area contributed by atoms with Gasteiger partial charge in [0.1, 0.15) is 18.5 Å². The first-order valence-electron chi connectivity index (χ1n) is 13.0. The monoisotopic (exact) mass is 549 g/mol. The van der Waals surface area contributed by atoms with Crippen LogP contribution in [0.1, 0.15) is 66.2 Å². The van der Waals surface area contributed by atoms with E-state index in [9.17, 15) is 18.0 Å². The average Bonchev–Trinajstić information content (AvgIpc) is 3.08. The van der Waals surface area contributed by atoms with Crippen molar-refractivity contribution in [3.8, 4) is 0 Å². The van der Waals surface area contributed by atoms with E-state index >= 15 is 0 Å². The number of sulfonamides is 1. The summed E-state index contributed by atoms with van der Waals surface area (Å²) in [6.07, 6.45) is 2.98. The van der Waals surface area contributed by atoms with E-state index in [1.165, 1.54) is 6.92 Å². The van der Waals surface area contributed by atoms with E-state index in [4.69, 9.17) is 18.9 Å². The Hall–Kier alpha value is -1.17. The van der Waals surface area contributed by atoms with Crippen molar-refractivity contribution >= 4 is 30.2 Å². The molecule has 2 saturated carbocycles. The number of fused-ring (bicyclic) bond motifs is 1. The second-order valence-electron chi connectivity index (χ2n) is 12.4. The summed E-state index contributed by atoms with van der Waals surface area (Å²) in [6.45, 7) is 12.9. The van der Waals surface area contributed by atoms with Crippen LogP contribution in [0.3, 0.4) is 0 Å². The van der Waals surface area contributed by atoms with Gasteiger partial charge in [0.05, 0.1) is 11.9 Å². The number of esters is 1. The highest BCUT2D eigenvalue weighted by Crippen LogP contribution is 2.57. The number of methoxy groups -OCH3 is 1. The zero-order valence-electron chi connectivity index (χ0n) is 23.4. The maximum atomic E-state index is 13.5. The highest BCUT2D eigenvalue weighted by atomic mass is 32.2. The van der Waals surface area contributed by atoms with Gasteiger partial charge in [-0.25, -0.2) is 17.5 Å². The average molecular weight is 550 g/mol. The Balaban J connectivity index is 2.42. The van der Waals surface area contributed by atoms with Gasteiger partial charge >= 0.3 is 12.1 Å². The third kappa shape index (κ3) is 8.16. The van der Waals surface area contributed by atoms with Crippen molar-refractivity contribution in [3.63, 3.8) is 0 Å². The molecule has 0 unspecified atom stereocenters. The number of carbonyl (C=O) groups is 2. The second kappa shape index (κ2) is 12.1. The lowest BCUT2D eigenvalue weighted by molar-refractivity contribution is -0.186. The molecule has 0 aromatic heterocycles. The van der Waals surface area contributed by atoms with Crippen molar-refractivity contribution in [1.29, 1.82) is 0 Å². The topological polar surface area (TPSA) is 108 Å². The van der Waals surface area contributed by atoms with Gasteiger partial charge in [-0.3, -0.25) is 4.79 Å². The Morgan fingerprint density at radius 3 is 2.28 bits per heavy atom. The van der Waals surface area contributed by atoms with Gasteiger partial charge in [-0.1, -0.05) is 19.6 Å². The molecule has 2 aliphatic carbocycles. The van der Waals surface area contributed by atoms with Crippen molar-refractivity contribution in [2.24, 2.45) is 11.3 Å². The van der Waals surface area contributed by atoms with Gasteiger partial charge in [0.2, 0.25) is 10.0 Å². The molecule has 0 aromatic carbocycles. The molecule has 210 valence electrons. The molecule has 2 aliphatic rings. The van der Waals surface area contributed by atoms with E-state index in [0.717, 1.165) is 30.0 Å².